The Morgan fingerprint density at radius 2 is 0.962 bits per heavy atom. The topological polar surface area (TPSA) is 262 Å². The molecule has 2 radical (unpaired) electrons. The van der Waals surface area contributed by atoms with Gasteiger partial charge in [-0.1, -0.05) is 0 Å². The van der Waals surface area contributed by atoms with Crippen LogP contribution in [0.1, 0.15) is 20.7 Å². The van der Waals surface area contributed by atoms with Crippen LogP contribution in [-0.4, -0.2) is 86.5 Å². The molecule has 0 aliphatic carbocycles. The summed E-state index contributed by atoms with van der Waals surface area (Å²) in [4.78, 5) is 20.7. The standard InChI is InChI=1S/2C7H7NO3.Ca.3H2O/c2*8-4-1-2-5(7(10)11)6(9)3-4;;;;/h2*1-3,9H,8H2,(H,10,11);;3*1H2. The number of hydrogen-bond donors (Lipinski definition) is 6. The molecule has 0 aliphatic heterocycles. The van der Waals surface area contributed by atoms with Crippen LogP contribution in [0.5, 0.6) is 11.5 Å². The molecule has 26 heavy (non-hydrogen) atoms. The molecule has 0 heterocycles. The molecule has 0 aliphatic rings. The second-order valence-corrected chi connectivity index (χ2v) is 4.16. The fraction of sp³-hybridized carbons (Fsp3) is 0. The van der Waals surface area contributed by atoms with Gasteiger partial charge in [-0.15, -0.1) is 0 Å². The summed E-state index contributed by atoms with van der Waals surface area (Å²) < 4.78 is 0. The molecule has 0 fully saturated rings. The molecule has 2 aromatic carbocycles. The van der Waals surface area contributed by atoms with Crippen molar-refractivity contribution in [2.24, 2.45) is 0 Å². The first-order chi connectivity index (χ1) is 10.2. The minimum Gasteiger partial charge on any atom is -0.507 e. The zero-order valence-electron chi connectivity index (χ0n) is 13.4. The van der Waals surface area contributed by atoms with Crippen molar-refractivity contribution < 1.29 is 46.4 Å². The van der Waals surface area contributed by atoms with Crippen molar-refractivity contribution in [3.8, 4) is 11.5 Å². The number of carboxylic acid groups (broad SMARTS) is 2. The Morgan fingerprint density at radius 1 is 0.692 bits per heavy atom. The SMILES string of the molecule is Nc1ccc(C(=O)O)c(O)c1.Nc1ccc(C(=O)O)c(O)c1.O.O.O.[Ca]. The molecule has 0 saturated heterocycles. The van der Waals surface area contributed by atoms with E-state index in [0.29, 0.717) is 11.4 Å². The maximum atomic E-state index is 10.3. The van der Waals surface area contributed by atoms with Crippen LogP contribution in [0.15, 0.2) is 36.4 Å². The van der Waals surface area contributed by atoms with Gasteiger partial charge in [0.05, 0.1) is 0 Å². The van der Waals surface area contributed by atoms with Crippen molar-refractivity contribution in [1.29, 1.82) is 0 Å². The Balaban J connectivity index is -0.000000161. The summed E-state index contributed by atoms with van der Waals surface area (Å²) in [6.07, 6.45) is 0. The molecule has 0 spiro atoms. The maximum absolute atomic E-state index is 10.3. The summed E-state index contributed by atoms with van der Waals surface area (Å²) in [5, 5.41) is 34.9. The van der Waals surface area contributed by atoms with Gasteiger partial charge in [-0.3, -0.25) is 0 Å². The van der Waals surface area contributed by atoms with Crippen LogP contribution in [0.2, 0.25) is 0 Å². The van der Waals surface area contributed by atoms with Crippen LogP contribution in [0.25, 0.3) is 0 Å². The molecule has 0 saturated carbocycles. The molecule has 12 heteroatoms. The molecular weight excluding hydrogens is 380 g/mol. The Kier molecular flexibility index (Phi) is 16.9. The molecule has 0 amide bonds. The number of rotatable bonds is 2. The van der Waals surface area contributed by atoms with Gasteiger partial charge in [-0.05, 0) is 24.3 Å². The second-order valence-electron chi connectivity index (χ2n) is 4.16. The first kappa shape index (κ1) is 31.5. The van der Waals surface area contributed by atoms with E-state index < -0.39 is 11.9 Å². The van der Waals surface area contributed by atoms with E-state index >= 15 is 0 Å². The predicted octanol–water partition coefficient (Wildman–Crippen LogP) is -1.51. The molecule has 142 valence electrons. The predicted molar refractivity (Wildman–Crippen MR) is 95.6 cm³/mol. The van der Waals surface area contributed by atoms with Crippen LogP contribution < -0.4 is 11.5 Å². The average Bonchev–Trinajstić information content (AvgIpc) is 2.38. The number of benzene rings is 2. The average molecular weight is 400 g/mol. The number of nitrogens with two attached hydrogens (primary N) is 2. The number of phenols is 2. The third kappa shape index (κ3) is 9.27. The summed E-state index contributed by atoms with van der Waals surface area (Å²) in [6.45, 7) is 0. The van der Waals surface area contributed by atoms with Gasteiger partial charge >= 0.3 is 11.9 Å². The fourth-order valence-electron chi connectivity index (χ4n) is 1.46. The van der Waals surface area contributed by atoms with Gasteiger partial charge in [0.25, 0.3) is 0 Å². The number of carbonyl (C=O) groups is 2. The molecule has 0 atom stereocenters. The Hall–Kier alpha value is -2.28. The number of hydrogen-bond acceptors (Lipinski definition) is 6. The third-order valence-corrected chi connectivity index (χ3v) is 2.50. The van der Waals surface area contributed by atoms with Crippen molar-refractivity contribution in [2.45, 2.75) is 0 Å². The molecule has 0 aromatic heterocycles. The molecular formula is C14H20CaN2O9. The monoisotopic (exact) mass is 400 g/mol. The number of aromatic hydroxyl groups is 2. The molecule has 14 N–H and O–H groups in total. The molecule has 0 unspecified atom stereocenters. The maximum Gasteiger partial charge on any atom is 0.339 e. The Morgan fingerprint density at radius 3 is 1.15 bits per heavy atom. The van der Waals surface area contributed by atoms with E-state index in [0.717, 1.165) is 0 Å². The van der Waals surface area contributed by atoms with E-state index in [-0.39, 0.29) is 76.8 Å². The van der Waals surface area contributed by atoms with Crippen molar-refractivity contribution in [3.05, 3.63) is 47.5 Å². The van der Waals surface area contributed by atoms with E-state index in [1.54, 1.807) is 0 Å². The van der Waals surface area contributed by atoms with Gasteiger partial charge in [0, 0.05) is 61.2 Å². The van der Waals surface area contributed by atoms with E-state index in [4.69, 9.17) is 31.9 Å². The van der Waals surface area contributed by atoms with Crippen LogP contribution in [0, 0.1) is 0 Å². The summed E-state index contributed by atoms with van der Waals surface area (Å²) >= 11 is 0. The minimum absolute atomic E-state index is 0. The van der Waals surface area contributed by atoms with Crippen LogP contribution >= 0.6 is 0 Å². The smallest absolute Gasteiger partial charge is 0.339 e. The molecule has 11 nitrogen and oxygen atoms in total. The second kappa shape index (κ2) is 13.9. The van der Waals surface area contributed by atoms with Gasteiger partial charge in [-0.25, -0.2) is 9.59 Å². The summed E-state index contributed by atoms with van der Waals surface area (Å²) in [5.74, 6) is -2.94. The van der Waals surface area contributed by atoms with E-state index in [1.807, 2.05) is 0 Å². The van der Waals surface area contributed by atoms with E-state index in [9.17, 15) is 9.59 Å². The first-order valence-corrected chi connectivity index (χ1v) is 5.86. The van der Waals surface area contributed by atoms with Crippen LogP contribution in [-0.2, 0) is 0 Å². The summed E-state index contributed by atoms with van der Waals surface area (Å²) in [7, 11) is 0. The summed E-state index contributed by atoms with van der Waals surface area (Å²) in [5.41, 5.74) is 11.0. The normalized spacial score (nSPS) is 8.00. The minimum atomic E-state index is -1.16. The van der Waals surface area contributed by atoms with Crippen molar-refractivity contribution >= 4 is 61.1 Å². The van der Waals surface area contributed by atoms with Crippen LogP contribution in [0.4, 0.5) is 11.4 Å². The number of nitrogen functional groups attached to an aromatic ring is 2. The van der Waals surface area contributed by atoms with Crippen LogP contribution in [0.3, 0.4) is 0 Å². The largest absolute Gasteiger partial charge is 0.507 e. The van der Waals surface area contributed by atoms with Gasteiger partial charge in [0.1, 0.15) is 22.6 Å². The Bertz CT molecular complexity index is 664. The van der Waals surface area contributed by atoms with Gasteiger partial charge in [0.15, 0.2) is 0 Å². The number of carboxylic acids is 2. The van der Waals surface area contributed by atoms with Crippen molar-refractivity contribution in [1.82, 2.24) is 0 Å². The summed E-state index contributed by atoms with van der Waals surface area (Å²) in [6, 6.07) is 7.75. The number of anilines is 2. The molecule has 2 rings (SSSR count). The first-order valence-electron chi connectivity index (χ1n) is 5.86. The third-order valence-electron chi connectivity index (χ3n) is 2.50. The van der Waals surface area contributed by atoms with E-state index in [2.05, 4.69) is 0 Å². The van der Waals surface area contributed by atoms with E-state index in [1.165, 1.54) is 36.4 Å². The zero-order chi connectivity index (χ0) is 16.9. The Labute approximate surface area is 177 Å². The van der Waals surface area contributed by atoms with Crippen molar-refractivity contribution in [3.63, 3.8) is 0 Å². The fourth-order valence-corrected chi connectivity index (χ4v) is 1.46. The molecule has 0 bridgehead atoms. The van der Waals surface area contributed by atoms with Gasteiger partial charge in [-0.2, -0.15) is 0 Å². The number of aromatic carboxylic acids is 2. The van der Waals surface area contributed by atoms with Gasteiger partial charge < -0.3 is 48.3 Å². The van der Waals surface area contributed by atoms with Crippen molar-refractivity contribution in [2.75, 3.05) is 11.5 Å². The molecule has 2 aromatic rings. The quantitative estimate of drug-likeness (QED) is 0.254. The zero-order valence-corrected chi connectivity index (χ0v) is 15.6. The van der Waals surface area contributed by atoms with Gasteiger partial charge in [0.2, 0.25) is 0 Å².